The molecule has 0 bridgehead atoms. The molecular formula is C26H18F3NO. The van der Waals surface area contributed by atoms with Crippen molar-refractivity contribution < 1.29 is 17.9 Å². The van der Waals surface area contributed by atoms with E-state index in [-0.39, 0.29) is 5.75 Å². The largest absolute Gasteiger partial charge is 0.428 e. The maximum atomic E-state index is 13.1. The molecule has 4 aromatic rings. The number of nitrogens with zero attached hydrogens (tertiary/aromatic N) is 1. The minimum absolute atomic E-state index is 0.0195. The molecule has 0 saturated carbocycles. The fourth-order valence-corrected chi connectivity index (χ4v) is 3.40. The number of anilines is 3. The monoisotopic (exact) mass is 417 g/mol. The van der Waals surface area contributed by atoms with Gasteiger partial charge in [0.25, 0.3) is 0 Å². The van der Waals surface area contributed by atoms with Gasteiger partial charge < -0.3 is 9.64 Å². The number of fused-ring (bicyclic) bond motifs is 1. The van der Waals surface area contributed by atoms with Crippen molar-refractivity contribution in [2.75, 3.05) is 4.90 Å². The van der Waals surface area contributed by atoms with Crippen molar-refractivity contribution in [3.8, 4) is 5.75 Å². The van der Waals surface area contributed by atoms with Crippen LogP contribution in [0.5, 0.6) is 5.75 Å². The van der Waals surface area contributed by atoms with Crippen molar-refractivity contribution in [1.29, 1.82) is 0 Å². The van der Waals surface area contributed by atoms with E-state index in [0.717, 1.165) is 33.4 Å². The average molecular weight is 417 g/mol. The first kappa shape index (κ1) is 20.3. The van der Waals surface area contributed by atoms with Gasteiger partial charge in [0, 0.05) is 16.8 Å². The standard InChI is InChI=1S/C26H18F3NO/c1-2-18-10-12-20(13-11-18)30(24-9-5-7-19-6-3-4-8-23(19)24)21-14-16-22(17-15-21)31-26(29)25(27)28/h2-17H,1H2. The lowest BCUT2D eigenvalue weighted by Crippen LogP contribution is -2.10. The molecule has 4 rings (SSSR count). The van der Waals surface area contributed by atoms with E-state index in [2.05, 4.69) is 11.3 Å². The Bertz CT molecular complexity index is 1240. The molecule has 0 amide bonds. The van der Waals surface area contributed by atoms with Crippen LogP contribution in [-0.2, 0) is 0 Å². The number of hydrogen-bond donors (Lipinski definition) is 0. The van der Waals surface area contributed by atoms with E-state index < -0.39 is 12.1 Å². The first-order chi connectivity index (χ1) is 15.1. The second kappa shape index (κ2) is 8.79. The summed E-state index contributed by atoms with van der Waals surface area (Å²) in [5.74, 6) is -0.0195. The average Bonchev–Trinajstić information content (AvgIpc) is 2.81. The van der Waals surface area contributed by atoms with Gasteiger partial charge in [-0.05, 0) is 53.4 Å². The maximum Gasteiger partial charge on any atom is 0.344 e. The second-order valence-corrected chi connectivity index (χ2v) is 6.76. The van der Waals surface area contributed by atoms with Crippen LogP contribution in [0.3, 0.4) is 0 Å². The molecule has 0 unspecified atom stereocenters. The summed E-state index contributed by atoms with van der Waals surface area (Å²) >= 11 is 0. The van der Waals surface area contributed by atoms with Crippen LogP contribution in [0.2, 0.25) is 0 Å². The van der Waals surface area contributed by atoms with Gasteiger partial charge in [0.15, 0.2) is 0 Å². The molecule has 0 saturated heterocycles. The Labute approximate surface area is 178 Å². The van der Waals surface area contributed by atoms with Gasteiger partial charge in [-0.15, -0.1) is 0 Å². The Hall–Kier alpha value is -3.99. The molecule has 31 heavy (non-hydrogen) atoms. The van der Waals surface area contributed by atoms with Gasteiger partial charge in [-0.3, -0.25) is 0 Å². The molecule has 0 heterocycles. The fourth-order valence-electron chi connectivity index (χ4n) is 3.40. The lowest BCUT2D eigenvalue weighted by molar-refractivity contribution is 0.241. The smallest absolute Gasteiger partial charge is 0.344 e. The highest BCUT2D eigenvalue weighted by atomic mass is 19.3. The lowest BCUT2D eigenvalue weighted by Gasteiger charge is -2.27. The summed E-state index contributed by atoms with van der Waals surface area (Å²) in [6, 6.07) is 26.3. The molecule has 5 heteroatoms. The molecule has 0 aliphatic rings. The summed E-state index contributed by atoms with van der Waals surface area (Å²) in [6.45, 7) is 3.79. The molecule has 0 aliphatic heterocycles. The van der Waals surface area contributed by atoms with Crippen molar-refractivity contribution in [3.05, 3.63) is 115 Å². The highest BCUT2D eigenvalue weighted by Crippen LogP contribution is 2.39. The van der Waals surface area contributed by atoms with Crippen LogP contribution in [-0.4, -0.2) is 0 Å². The Kier molecular flexibility index (Phi) is 5.76. The van der Waals surface area contributed by atoms with Crippen LogP contribution < -0.4 is 9.64 Å². The number of rotatable bonds is 6. The Morgan fingerprint density at radius 1 is 0.742 bits per heavy atom. The molecular weight excluding hydrogens is 399 g/mol. The summed E-state index contributed by atoms with van der Waals surface area (Å²) in [6.07, 6.45) is -0.728. The number of ether oxygens (including phenoxy) is 1. The molecule has 0 radical (unpaired) electrons. The fraction of sp³-hybridized carbons (Fsp3) is 0. The normalized spacial score (nSPS) is 10.5. The summed E-state index contributed by atoms with van der Waals surface area (Å²) in [4.78, 5) is 2.04. The maximum absolute atomic E-state index is 13.1. The predicted molar refractivity (Wildman–Crippen MR) is 120 cm³/mol. The minimum Gasteiger partial charge on any atom is -0.428 e. The van der Waals surface area contributed by atoms with Crippen LogP contribution in [0.4, 0.5) is 30.2 Å². The van der Waals surface area contributed by atoms with Crippen molar-refractivity contribution >= 4 is 33.9 Å². The zero-order valence-corrected chi connectivity index (χ0v) is 16.4. The van der Waals surface area contributed by atoms with Crippen LogP contribution in [0, 0.1) is 0 Å². The van der Waals surface area contributed by atoms with Crippen LogP contribution in [0.1, 0.15) is 5.56 Å². The molecule has 0 aliphatic carbocycles. The third-order valence-electron chi connectivity index (χ3n) is 4.85. The van der Waals surface area contributed by atoms with Crippen LogP contribution >= 0.6 is 0 Å². The highest BCUT2D eigenvalue weighted by molar-refractivity contribution is 5.98. The van der Waals surface area contributed by atoms with E-state index in [1.807, 2.05) is 71.6 Å². The third kappa shape index (κ3) is 4.31. The van der Waals surface area contributed by atoms with Gasteiger partial charge in [0.1, 0.15) is 5.75 Å². The number of halogens is 3. The molecule has 2 nitrogen and oxygen atoms in total. The zero-order valence-electron chi connectivity index (χ0n) is 16.4. The van der Waals surface area contributed by atoms with E-state index in [9.17, 15) is 13.2 Å². The van der Waals surface area contributed by atoms with E-state index in [4.69, 9.17) is 0 Å². The molecule has 0 fully saturated rings. The SMILES string of the molecule is C=Cc1ccc(N(c2ccc(OC(F)=C(F)F)cc2)c2cccc3ccccc23)cc1. The first-order valence-corrected chi connectivity index (χ1v) is 9.56. The first-order valence-electron chi connectivity index (χ1n) is 9.56. The van der Waals surface area contributed by atoms with Crippen molar-refractivity contribution in [2.45, 2.75) is 0 Å². The van der Waals surface area contributed by atoms with E-state index in [1.54, 1.807) is 18.2 Å². The van der Waals surface area contributed by atoms with Crippen LogP contribution in [0.25, 0.3) is 16.8 Å². The van der Waals surface area contributed by atoms with Gasteiger partial charge >= 0.3 is 12.1 Å². The summed E-state index contributed by atoms with van der Waals surface area (Å²) in [5, 5.41) is 2.13. The Morgan fingerprint density at radius 2 is 1.35 bits per heavy atom. The van der Waals surface area contributed by atoms with E-state index in [1.165, 1.54) is 12.1 Å². The molecule has 0 spiro atoms. The van der Waals surface area contributed by atoms with Crippen molar-refractivity contribution in [1.82, 2.24) is 0 Å². The summed E-state index contributed by atoms with van der Waals surface area (Å²) in [5.41, 5.74) is 3.59. The van der Waals surface area contributed by atoms with Crippen molar-refractivity contribution in [2.24, 2.45) is 0 Å². The molecule has 0 atom stereocenters. The van der Waals surface area contributed by atoms with Gasteiger partial charge in [0.05, 0.1) is 5.69 Å². The highest BCUT2D eigenvalue weighted by Gasteiger charge is 2.16. The molecule has 154 valence electrons. The van der Waals surface area contributed by atoms with Gasteiger partial charge in [-0.1, -0.05) is 61.2 Å². The van der Waals surface area contributed by atoms with E-state index >= 15 is 0 Å². The second-order valence-electron chi connectivity index (χ2n) is 6.76. The Morgan fingerprint density at radius 3 is 2.00 bits per heavy atom. The summed E-state index contributed by atoms with van der Waals surface area (Å²) < 4.78 is 42.4. The predicted octanol–water partition coefficient (Wildman–Crippen LogP) is 8.37. The lowest BCUT2D eigenvalue weighted by atomic mass is 10.1. The minimum atomic E-state index is -2.50. The van der Waals surface area contributed by atoms with Gasteiger partial charge in [-0.25, -0.2) is 0 Å². The van der Waals surface area contributed by atoms with Gasteiger partial charge in [0.2, 0.25) is 0 Å². The van der Waals surface area contributed by atoms with Crippen molar-refractivity contribution in [3.63, 3.8) is 0 Å². The van der Waals surface area contributed by atoms with Gasteiger partial charge in [-0.2, -0.15) is 13.2 Å². The molecule has 0 N–H and O–H groups in total. The number of benzene rings is 4. The zero-order chi connectivity index (χ0) is 21.8. The quantitative estimate of drug-likeness (QED) is 0.292. The third-order valence-corrected chi connectivity index (χ3v) is 4.85. The summed E-state index contributed by atoms with van der Waals surface area (Å²) in [7, 11) is 0. The Balaban J connectivity index is 1.82. The van der Waals surface area contributed by atoms with E-state index in [0.29, 0.717) is 0 Å². The topological polar surface area (TPSA) is 12.5 Å². The molecule has 4 aromatic carbocycles. The number of hydrogen-bond acceptors (Lipinski definition) is 2. The van der Waals surface area contributed by atoms with Crippen LogP contribution in [0.15, 0.2) is 110 Å². The molecule has 0 aromatic heterocycles.